The Balaban J connectivity index is 0.000000162. The van der Waals surface area contributed by atoms with Gasteiger partial charge < -0.3 is 18.6 Å². The predicted molar refractivity (Wildman–Crippen MR) is 420 cm³/mol. The molecule has 0 saturated heterocycles. The zero-order valence-electron chi connectivity index (χ0n) is 56.4. The molecule has 12 aromatic rings. The molecule has 0 aliphatic heterocycles. The molecule has 522 valence electrons. The number of rotatable bonds is 20. The fourth-order valence-electron chi connectivity index (χ4n) is 9.56. The number of nitriles is 1. The summed E-state index contributed by atoms with van der Waals surface area (Å²) in [5.41, 5.74) is 10.4. The van der Waals surface area contributed by atoms with E-state index in [4.69, 9.17) is 42.1 Å². The Morgan fingerprint density at radius 3 is 1.82 bits per heavy atom. The van der Waals surface area contributed by atoms with Gasteiger partial charge >= 0.3 is 10.1 Å². The van der Waals surface area contributed by atoms with Gasteiger partial charge in [-0.05, 0) is 216 Å². The van der Waals surface area contributed by atoms with Crippen molar-refractivity contribution in [3.63, 3.8) is 0 Å². The van der Waals surface area contributed by atoms with Crippen LogP contribution in [0.2, 0.25) is 10.0 Å². The number of nitro benzene ring substituents is 2. The molecule has 0 N–H and O–H groups in total. The molecule has 0 bridgehead atoms. The molecule has 0 heterocycles. The summed E-state index contributed by atoms with van der Waals surface area (Å²) < 4.78 is 54.6. The fraction of sp³-hybridized carbons (Fsp3) is 0.0741. The monoisotopic (exact) mass is 1520 g/mol. The largest absolute Gasteiger partial charge is 0.497 e. The van der Waals surface area contributed by atoms with E-state index >= 15 is 0 Å². The van der Waals surface area contributed by atoms with Crippen LogP contribution >= 0.6 is 50.9 Å². The minimum absolute atomic E-state index is 0.0241. The third kappa shape index (κ3) is 22.9. The van der Waals surface area contributed by atoms with Crippen LogP contribution in [0.3, 0.4) is 0 Å². The van der Waals surface area contributed by atoms with Crippen molar-refractivity contribution in [3.8, 4) is 23.3 Å². The van der Waals surface area contributed by atoms with Crippen molar-refractivity contribution in [3.05, 3.63) is 346 Å². The summed E-state index contributed by atoms with van der Waals surface area (Å²) >= 11 is 16.6. The maximum Gasteiger partial charge on any atom is 0.339 e. The van der Waals surface area contributed by atoms with Crippen molar-refractivity contribution in [2.45, 2.75) is 35.1 Å². The number of halogens is 4. The van der Waals surface area contributed by atoms with E-state index in [0.717, 1.165) is 65.1 Å². The number of benzene rings is 12. The van der Waals surface area contributed by atoms with Gasteiger partial charge in [-0.3, -0.25) is 40.2 Å². The summed E-state index contributed by atoms with van der Waals surface area (Å²) in [7, 11) is 1.56. The number of nitro groups is 2. The normalized spacial score (nSPS) is 11.1. The van der Waals surface area contributed by atoms with E-state index in [1.165, 1.54) is 55.3 Å². The molecule has 0 spiro atoms. The van der Waals surface area contributed by atoms with Crippen LogP contribution < -0.4 is 18.6 Å². The molecule has 0 aliphatic rings. The average molecular weight is 1530 g/mol. The van der Waals surface area contributed by atoms with E-state index in [-0.39, 0.29) is 32.8 Å². The van der Waals surface area contributed by atoms with Gasteiger partial charge in [0.15, 0.2) is 0 Å². The highest BCUT2D eigenvalue weighted by Crippen LogP contribution is 2.37. The Hall–Kier alpha value is -11.6. The first-order chi connectivity index (χ1) is 50.1. The lowest BCUT2D eigenvalue weighted by Crippen LogP contribution is -2.09. The van der Waals surface area contributed by atoms with Crippen molar-refractivity contribution in [2.75, 3.05) is 26.1 Å². The molecular formula is C81H64BrCl2FN8O9S2. The molecule has 12 aromatic carbocycles. The van der Waals surface area contributed by atoms with E-state index in [1.807, 2.05) is 135 Å². The summed E-state index contributed by atoms with van der Waals surface area (Å²) in [5.74, 6) is 1.26. The highest BCUT2D eigenvalue weighted by atomic mass is 79.9. The van der Waals surface area contributed by atoms with Crippen LogP contribution in [-0.2, 0) is 16.7 Å². The highest BCUT2D eigenvalue weighted by molar-refractivity contribution is 9.10. The molecule has 17 nitrogen and oxygen atoms in total. The zero-order chi connectivity index (χ0) is 74.1. The number of fused-ring (bicyclic) bond motifs is 1. The summed E-state index contributed by atoms with van der Waals surface area (Å²) in [6.45, 7) is 3.99. The molecule has 0 saturated carbocycles. The molecule has 0 amide bonds. The van der Waals surface area contributed by atoms with Gasteiger partial charge in [0.05, 0.1) is 61.8 Å². The van der Waals surface area contributed by atoms with E-state index in [0.29, 0.717) is 61.0 Å². The molecule has 0 atom stereocenters. The van der Waals surface area contributed by atoms with Gasteiger partial charge in [0.2, 0.25) is 0 Å². The molecule has 0 radical (unpaired) electrons. The van der Waals surface area contributed by atoms with Crippen LogP contribution in [0.25, 0.3) is 10.8 Å². The van der Waals surface area contributed by atoms with Crippen LogP contribution in [0.5, 0.6) is 17.2 Å². The molecule has 0 fully saturated rings. The van der Waals surface area contributed by atoms with E-state index in [2.05, 4.69) is 60.2 Å². The van der Waals surface area contributed by atoms with Crippen LogP contribution in [-0.4, -0.2) is 64.3 Å². The van der Waals surface area contributed by atoms with Gasteiger partial charge in [0.25, 0.3) is 11.4 Å². The first kappa shape index (κ1) is 76.5. The fourth-order valence-corrected chi connectivity index (χ4v) is 12.2. The Morgan fingerprint density at radius 1 is 0.587 bits per heavy atom. The van der Waals surface area contributed by atoms with Crippen LogP contribution in [0, 0.1) is 51.2 Å². The number of hydrogen-bond donors (Lipinski definition) is 0. The maximum absolute atomic E-state index is 12.9. The van der Waals surface area contributed by atoms with E-state index in [1.54, 1.807) is 129 Å². The first-order valence-electron chi connectivity index (χ1n) is 31.6. The third-order valence-corrected chi connectivity index (χ3v) is 18.4. The lowest BCUT2D eigenvalue weighted by atomic mass is 10.1. The number of aryl methyl sites for hydroxylation is 1. The quantitative estimate of drug-likeness (QED) is 0.0301. The number of hydrogen-bond acceptors (Lipinski definition) is 16. The van der Waals surface area contributed by atoms with Gasteiger partial charge in [0, 0.05) is 81.8 Å². The van der Waals surface area contributed by atoms with Crippen molar-refractivity contribution >= 4 is 136 Å². The first-order valence-corrected chi connectivity index (χ1v) is 35.4. The molecule has 23 heteroatoms. The van der Waals surface area contributed by atoms with Crippen molar-refractivity contribution in [1.82, 2.24) is 0 Å². The van der Waals surface area contributed by atoms with Gasteiger partial charge in [-0.1, -0.05) is 136 Å². The molecule has 12 rings (SSSR count). The van der Waals surface area contributed by atoms with E-state index in [9.17, 15) is 33.0 Å². The van der Waals surface area contributed by atoms with Gasteiger partial charge in [0.1, 0.15) is 34.6 Å². The minimum Gasteiger partial charge on any atom is -0.497 e. The highest BCUT2D eigenvalue weighted by Gasteiger charge is 2.19. The zero-order valence-corrected chi connectivity index (χ0v) is 61.2. The summed E-state index contributed by atoms with van der Waals surface area (Å²) in [4.78, 5) is 42.7. The van der Waals surface area contributed by atoms with Crippen molar-refractivity contribution in [2.24, 2.45) is 20.0 Å². The second-order valence-corrected chi connectivity index (χ2v) is 27.2. The van der Waals surface area contributed by atoms with Crippen LogP contribution in [0.4, 0.5) is 44.2 Å². The Labute approximate surface area is 624 Å². The van der Waals surface area contributed by atoms with E-state index < -0.39 is 15.0 Å². The minimum atomic E-state index is -3.92. The number of aliphatic imine (C=N–C) groups is 4. The SMILES string of the molecule is COc1ccc(S(=O)(=O)Oc2ccc(N=Cc3cccc4ccccc34)cc2)cc1.Cc1c(N=Cc2ccc(N(C)C)cc2)cccc1[N+](=O)[O-].Cc1ccc(N=Cc2ccc(OCc3ccc(F)cc3)cc2)cc1C#N.O=[N+]([O-])c1cc(C=Nc2cc(Cl)cc(Cl)c2)ccc1Sc1ccc(Br)cc1. The Bertz CT molecular complexity index is 5240. The summed E-state index contributed by atoms with van der Waals surface area (Å²) in [5, 5.41) is 34.7. The van der Waals surface area contributed by atoms with Crippen molar-refractivity contribution in [1.29, 1.82) is 5.26 Å². The molecule has 0 aliphatic carbocycles. The molecule has 0 unspecified atom stereocenters. The smallest absolute Gasteiger partial charge is 0.339 e. The summed E-state index contributed by atoms with van der Waals surface area (Å²) in [6.07, 6.45) is 6.80. The van der Waals surface area contributed by atoms with Gasteiger partial charge in [-0.15, -0.1) is 0 Å². The Kier molecular flexibility index (Phi) is 27.5. The van der Waals surface area contributed by atoms with Crippen LogP contribution in [0.1, 0.15) is 44.5 Å². The molecular weight excluding hydrogens is 1460 g/mol. The predicted octanol–water partition coefficient (Wildman–Crippen LogP) is 22.0. The number of methoxy groups -OCH3 is 1. The molecule has 104 heavy (non-hydrogen) atoms. The average Bonchev–Trinajstić information content (AvgIpc) is 0.841. The number of nitrogens with zero attached hydrogens (tertiary/aromatic N) is 8. The van der Waals surface area contributed by atoms with Crippen LogP contribution in [0.15, 0.2) is 300 Å². The lowest BCUT2D eigenvalue weighted by molar-refractivity contribution is -0.387. The van der Waals surface area contributed by atoms with Crippen molar-refractivity contribution < 1.29 is 36.3 Å². The Morgan fingerprint density at radius 2 is 1.16 bits per heavy atom. The molecule has 0 aromatic heterocycles. The topological polar surface area (TPSA) is 225 Å². The third-order valence-electron chi connectivity index (χ3n) is 15.1. The second-order valence-electron chi connectivity index (χ2n) is 22.7. The summed E-state index contributed by atoms with van der Waals surface area (Å²) in [6, 6.07) is 78.6. The van der Waals surface area contributed by atoms with Gasteiger partial charge in [-0.25, -0.2) is 4.39 Å². The second kappa shape index (κ2) is 37.3. The lowest BCUT2D eigenvalue weighted by Gasteiger charge is -2.11. The number of ether oxygens (including phenoxy) is 2. The number of anilines is 1. The maximum atomic E-state index is 12.9. The standard InChI is InChI=1S/C24H19NO4S.C22H17FN2O.C19H11BrCl2N2O2S.C16H17N3O2/c1-28-21-13-15-23(16-14-21)30(26,27)29-22-11-9-20(10-12-22)25-17-19-7-4-6-18-5-2-3-8-24(18)19;1-16-2-9-21(12-19(16)13-24)25-14-17-5-10-22(11-6-17)26-15-18-3-7-20(23)8-4-18;20-13-2-4-17(5-3-13)27-19-6-1-12(7-18(19)24(25)26)11-23-16-9-14(21)8-15(22)10-16;1-12-15(5-4-6-16(12)19(20)21)17-11-13-7-9-14(10-8-13)18(2)3/h2-17H,1H3;2-12,14H,15H2,1H3;1-11H;4-11H,1-3H3. The van der Waals surface area contributed by atoms with Gasteiger partial charge in [-0.2, -0.15) is 13.7 Å².